The SMILES string of the molecule is NN1CCCN1c1ccc(Cl)cn1. The summed E-state index contributed by atoms with van der Waals surface area (Å²) < 4.78 is 0. The predicted octanol–water partition coefficient (Wildman–Crippen LogP) is 1.04. The van der Waals surface area contributed by atoms with E-state index in [1.54, 1.807) is 11.3 Å². The number of rotatable bonds is 1. The molecule has 1 fully saturated rings. The van der Waals surface area contributed by atoms with Crippen LogP contribution in [-0.2, 0) is 0 Å². The molecule has 0 aliphatic carbocycles. The minimum atomic E-state index is 0.645. The molecule has 1 aliphatic rings. The van der Waals surface area contributed by atoms with Gasteiger partial charge in [-0.2, -0.15) is 5.12 Å². The first-order valence-electron chi connectivity index (χ1n) is 4.18. The fraction of sp³-hybridized carbons (Fsp3) is 0.375. The molecule has 0 bridgehead atoms. The topological polar surface area (TPSA) is 45.4 Å². The first-order chi connectivity index (χ1) is 6.27. The van der Waals surface area contributed by atoms with Gasteiger partial charge in [0.15, 0.2) is 0 Å². The van der Waals surface area contributed by atoms with Gasteiger partial charge in [0.1, 0.15) is 5.82 Å². The first-order valence-corrected chi connectivity index (χ1v) is 4.56. The van der Waals surface area contributed by atoms with Gasteiger partial charge >= 0.3 is 0 Å². The summed E-state index contributed by atoms with van der Waals surface area (Å²) in [6.07, 6.45) is 2.70. The molecule has 0 spiro atoms. The number of hydrazine groups is 2. The molecule has 1 aliphatic heterocycles. The third-order valence-corrected chi connectivity index (χ3v) is 2.27. The number of pyridine rings is 1. The third-order valence-electron chi connectivity index (χ3n) is 2.04. The molecule has 0 radical (unpaired) electrons. The second-order valence-electron chi connectivity index (χ2n) is 2.97. The van der Waals surface area contributed by atoms with Gasteiger partial charge in [0.2, 0.25) is 0 Å². The van der Waals surface area contributed by atoms with Gasteiger partial charge in [-0.3, -0.25) is 10.9 Å². The molecule has 0 aromatic carbocycles. The van der Waals surface area contributed by atoms with E-state index in [1.807, 2.05) is 17.1 Å². The van der Waals surface area contributed by atoms with Crippen molar-refractivity contribution in [2.24, 2.45) is 5.84 Å². The van der Waals surface area contributed by atoms with Crippen molar-refractivity contribution >= 4 is 17.4 Å². The van der Waals surface area contributed by atoms with Crippen molar-refractivity contribution in [1.29, 1.82) is 0 Å². The van der Waals surface area contributed by atoms with Crippen molar-refractivity contribution in [3.05, 3.63) is 23.4 Å². The smallest absolute Gasteiger partial charge is 0.144 e. The third kappa shape index (κ3) is 1.75. The predicted molar refractivity (Wildman–Crippen MR) is 52.1 cm³/mol. The highest BCUT2D eigenvalue weighted by molar-refractivity contribution is 6.30. The van der Waals surface area contributed by atoms with Crippen LogP contribution < -0.4 is 10.9 Å². The zero-order valence-electron chi connectivity index (χ0n) is 7.15. The standard InChI is InChI=1S/C8H11ClN4/c9-7-2-3-8(11-6-7)12-4-1-5-13(12)10/h2-3,6H,1,4-5,10H2. The molecule has 70 valence electrons. The van der Waals surface area contributed by atoms with Crippen molar-refractivity contribution in [3.8, 4) is 0 Å². The summed E-state index contributed by atoms with van der Waals surface area (Å²) in [6.45, 7) is 1.80. The summed E-state index contributed by atoms with van der Waals surface area (Å²) in [4.78, 5) is 4.18. The Hall–Kier alpha value is -0.840. The molecule has 1 aromatic rings. The normalized spacial score (nSPS) is 18.2. The van der Waals surface area contributed by atoms with Crippen LogP contribution >= 0.6 is 11.6 Å². The van der Waals surface area contributed by atoms with E-state index >= 15 is 0 Å². The fourth-order valence-electron chi connectivity index (χ4n) is 1.40. The Morgan fingerprint density at radius 2 is 2.23 bits per heavy atom. The molecule has 2 heterocycles. The van der Waals surface area contributed by atoms with Gasteiger partial charge in [-0.25, -0.2) is 4.98 Å². The monoisotopic (exact) mass is 198 g/mol. The summed E-state index contributed by atoms with van der Waals surface area (Å²) in [5.74, 6) is 6.59. The summed E-state index contributed by atoms with van der Waals surface area (Å²) in [6, 6.07) is 3.68. The van der Waals surface area contributed by atoms with Gasteiger partial charge in [0.25, 0.3) is 0 Å². The van der Waals surface area contributed by atoms with E-state index < -0.39 is 0 Å². The van der Waals surface area contributed by atoms with Crippen molar-refractivity contribution in [1.82, 2.24) is 10.1 Å². The van der Waals surface area contributed by atoms with E-state index in [1.165, 1.54) is 0 Å². The molecule has 0 saturated carbocycles. The minimum absolute atomic E-state index is 0.645. The Bertz CT molecular complexity index is 287. The molecule has 2 rings (SSSR count). The molecule has 1 aromatic heterocycles. The molecule has 1 saturated heterocycles. The number of aromatic nitrogens is 1. The van der Waals surface area contributed by atoms with E-state index in [4.69, 9.17) is 17.4 Å². The van der Waals surface area contributed by atoms with Gasteiger partial charge in [-0.15, -0.1) is 0 Å². The molecule has 13 heavy (non-hydrogen) atoms. The number of nitrogens with zero attached hydrogens (tertiary/aromatic N) is 3. The lowest BCUT2D eigenvalue weighted by molar-refractivity contribution is 0.322. The largest absolute Gasteiger partial charge is 0.276 e. The lowest BCUT2D eigenvalue weighted by Crippen LogP contribution is -2.42. The van der Waals surface area contributed by atoms with Crippen LogP contribution in [-0.4, -0.2) is 23.2 Å². The Kier molecular flexibility index (Phi) is 2.35. The van der Waals surface area contributed by atoms with Crippen LogP contribution in [0.1, 0.15) is 6.42 Å². The second kappa shape index (κ2) is 3.49. The highest BCUT2D eigenvalue weighted by Gasteiger charge is 2.19. The van der Waals surface area contributed by atoms with Crippen molar-refractivity contribution < 1.29 is 0 Å². The molecular formula is C8H11ClN4. The highest BCUT2D eigenvalue weighted by Crippen LogP contribution is 2.18. The molecule has 0 amide bonds. The van der Waals surface area contributed by atoms with E-state index in [2.05, 4.69) is 4.98 Å². The molecular weight excluding hydrogens is 188 g/mol. The number of hydrogen-bond donors (Lipinski definition) is 1. The van der Waals surface area contributed by atoms with Crippen LogP contribution in [0.4, 0.5) is 5.82 Å². The van der Waals surface area contributed by atoms with Crippen LogP contribution in [0.3, 0.4) is 0 Å². The van der Waals surface area contributed by atoms with Gasteiger partial charge in [-0.05, 0) is 18.6 Å². The van der Waals surface area contributed by atoms with E-state index in [-0.39, 0.29) is 0 Å². The van der Waals surface area contributed by atoms with Crippen LogP contribution in [0.2, 0.25) is 5.02 Å². The number of hydrogen-bond acceptors (Lipinski definition) is 4. The average molecular weight is 199 g/mol. The second-order valence-corrected chi connectivity index (χ2v) is 3.41. The van der Waals surface area contributed by atoms with Gasteiger partial charge < -0.3 is 0 Å². The lowest BCUT2D eigenvalue weighted by atomic mass is 10.4. The molecule has 2 N–H and O–H groups in total. The average Bonchev–Trinajstić information content (AvgIpc) is 2.53. The van der Waals surface area contributed by atoms with E-state index in [0.29, 0.717) is 5.02 Å². The van der Waals surface area contributed by atoms with E-state index in [9.17, 15) is 0 Å². The van der Waals surface area contributed by atoms with Crippen LogP contribution in [0, 0.1) is 0 Å². The van der Waals surface area contributed by atoms with Crippen molar-refractivity contribution in [3.63, 3.8) is 0 Å². The van der Waals surface area contributed by atoms with Gasteiger partial charge in [-0.1, -0.05) is 11.6 Å². The maximum absolute atomic E-state index is 5.74. The highest BCUT2D eigenvalue weighted by atomic mass is 35.5. The zero-order valence-corrected chi connectivity index (χ0v) is 7.91. The fourth-order valence-corrected chi connectivity index (χ4v) is 1.51. The molecule has 0 atom stereocenters. The van der Waals surface area contributed by atoms with E-state index in [0.717, 1.165) is 25.3 Å². The number of nitrogens with two attached hydrogens (primary N) is 1. The van der Waals surface area contributed by atoms with Gasteiger partial charge in [0, 0.05) is 19.3 Å². The zero-order chi connectivity index (χ0) is 9.26. The Balaban J connectivity index is 2.20. The Morgan fingerprint density at radius 1 is 1.38 bits per heavy atom. The molecule has 0 unspecified atom stereocenters. The maximum atomic E-state index is 5.74. The summed E-state index contributed by atoms with van der Waals surface area (Å²) in [7, 11) is 0. The quantitative estimate of drug-likeness (QED) is 0.685. The summed E-state index contributed by atoms with van der Waals surface area (Å²) in [5, 5.41) is 4.26. The first kappa shape index (κ1) is 8.74. The van der Waals surface area contributed by atoms with Crippen molar-refractivity contribution in [2.45, 2.75) is 6.42 Å². The molecule has 4 nitrogen and oxygen atoms in total. The molecule has 5 heteroatoms. The Labute approximate surface area is 81.8 Å². The summed E-state index contributed by atoms with van der Waals surface area (Å²) >= 11 is 5.73. The Morgan fingerprint density at radius 3 is 2.77 bits per heavy atom. The lowest BCUT2D eigenvalue weighted by Gasteiger charge is -2.23. The summed E-state index contributed by atoms with van der Waals surface area (Å²) in [5.41, 5.74) is 0. The minimum Gasteiger partial charge on any atom is -0.276 e. The van der Waals surface area contributed by atoms with Crippen molar-refractivity contribution in [2.75, 3.05) is 18.1 Å². The maximum Gasteiger partial charge on any atom is 0.144 e. The number of halogens is 1. The van der Waals surface area contributed by atoms with Gasteiger partial charge in [0.05, 0.1) is 5.02 Å². The van der Waals surface area contributed by atoms with Crippen LogP contribution in [0.25, 0.3) is 0 Å². The number of anilines is 1. The van der Waals surface area contributed by atoms with Crippen LogP contribution in [0.5, 0.6) is 0 Å². The van der Waals surface area contributed by atoms with Crippen LogP contribution in [0.15, 0.2) is 18.3 Å².